The molecule has 0 spiro atoms. The van der Waals surface area contributed by atoms with Gasteiger partial charge in [0, 0.05) is 13.1 Å². The summed E-state index contributed by atoms with van der Waals surface area (Å²) in [5, 5.41) is 0.812. The molecule has 0 unspecified atom stereocenters. The molecule has 1 heterocycles. The van der Waals surface area contributed by atoms with E-state index in [0.29, 0.717) is 5.75 Å². The Morgan fingerprint density at radius 3 is 2.60 bits per heavy atom. The van der Waals surface area contributed by atoms with Crippen LogP contribution in [0.2, 0.25) is 0 Å². The molecule has 0 fully saturated rings. The summed E-state index contributed by atoms with van der Waals surface area (Å²) >= 11 is 1.48. The van der Waals surface area contributed by atoms with Gasteiger partial charge < -0.3 is 9.88 Å². The van der Waals surface area contributed by atoms with Gasteiger partial charge >= 0.3 is 0 Å². The Morgan fingerprint density at radius 1 is 1.25 bits per heavy atom. The highest BCUT2D eigenvalue weighted by Gasteiger charge is 2.13. The van der Waals surface area contributed by atoms with Crippen molar-refractivity contribution in [1.29, 1.82) is 0 Å². The second kappa shape index (κ2) is 7.33. The molecular weight excluding hydrogens is 270 g/mol. The highest BCUT2D eigenvalue weighted by atomic mass is 32.2. The van der Waals surface area contributed by atoms with Gasteiger partial charge in [0.05, 0.1) is 16.8 Å². The molecule has 1 aromatic carbocycles. The smallest absolute Gasteiger partial charge is 0.233 e. The molecule has 0 saturated heterocycles. The number of benzene rings is 1. The van der Waals surface area contributed by atoms with E-state index in [4.69, 9.17) is 0 Å². The molecule has 1 N–H and O–H groups in total. The number of hydrogen-bond acceptors (Lipinski definition) is 3. The molecule has 0 radical (unpaired) electrons. The Kier molecular flexibility index (Phi) is 5.47. The average molecular weight is 291 g/mol. The number of aromatic amines is 1. The van der Waals surface area contributed by atoms with Gasteiger partial charge in [0.1, 0.15) is 0 Å². The van der Waals surface area contributed by atoms with E-state index in [2.05, 4.69) is 23.8 Å². The lowest BCUT2D eigenvalue weighted by molar-refractivity contribution is -0.128. The second-order valence-electron chi connectivity index (χ2n) is 4.73. The molecule has 0 atom stereocenters. The fraction of sp³-hybridized carbons (Fsp3) is 0.467. The lowest BCUT2D eigenvalue weighted by Crippen LogP contribution is -2.33. The van der Waals surface area contributed by atoms with Crippen LogP contribution in [0, 0.1) is 0 Å². The quantitative estimate of drug-likeness (QED) is 0.796. The summed E-state index contributed by atoms with van der Waals surface area (Å²) in [5.41, 5.74) is 1.96. The van der Waals surface area contributed by atoms with E-state index in [0.717, 1.165) is 42.1 Å². The zero-order chi connectivity index (χ0) is 14.4. The number of para-hydroxylation sites is 2. The highest BCUT2D eigenvalue weighted by Crippen LogP contribution is 2.19. The summed E-state index contributed by atoms with van der Waals surface area (Å²) in [6, 6.07) is 7.91. The van der Waals surface area contributed by atoms with Crippen LogP contribution in [0.25, 0.3) is 11.0 Å². The minimum Gasteiger partial charge on any atom is -0.342 e. The number of nitrogens with one attached hydrogen (secondary N) is 1. The molecule has 2 aromatic rings. The molecule has 0 aliphatic carbocycles. The fourth-order valence-corrected chi connectivity index (χ4v) is 2.91. The van der Waals surface area contributed by atoms with Gasteiger partial charge in [0.15, 0.2) is 5.16 Å². The number of carbonyl (C=O) groups is 1. The van der Waals surface area contributed by atoms with Crippen molar-refractivity contribution in [2.24, 2.45) is 0 Å². The zero-order valence-electron chi connectivity index (χ0n) is 12.1. The molecule has 2 rings (SSSR count). The van der Waals surface area contributed by atoms with Gasteiger partial charge in [-0.1, -0.05) is 37.7 Å². The Hall–Kier alpha value is -1.49. The number of thioether (sulfide) groups is 1. The van der Waals surface area contributed by atoms with Gasteiger partial charge in [-0.2, -0.15) is 0 Å². The second-order valence-corrected chi connectivity index (χ2v) is 5.69. The maximum absolute atomic E-state index is 12.2. The van der Waals surface area contributed by atoms with Crippen LogP contribution < -0.4 is 0 Å². The zero-order valence-corrected chi connectivity index (χ0v) is 12.9. The summed E-state index contributed by atoms with van der Waals surface area (Å²) in [6.07, 6.45) is 2.00. The molecular formula is C15H21N3OS. The standard InChI is InChI=1S/C15H21N3OS/c1-3-9-18(10-4-2)14(19)11-20-15-16-12-7-5-6-8-13(12)17-15/h5-8H,3-4,9-11H2,1-2H3,(H,16,17). The van der Waals surface area contributed by atoms with Crippen molar-refractivity contribution in [2.45, 2.75) is 31.8 Å². The number of H-pyrrole nitrogens is 1. The van der Waals surface area contributed by atoms with Gasteiger partial charge in [-0.15, -0.1) is 0 Å². The number of amides is 1. The van der Waals surface area contributed by atoms with Gasteiger partial charge in [-0.3, -0.25) is 4.79 Å². The first kappa shape index (κ1) is 14.9. The number of fused-ring (bicyclic) bond motifs is 1. The average Bonchev–Trinajstić information content (AvgIpc) is 2.87. The third-order valence-electron chi connectivity index (χ3n) is 3.04. The largest absolute Gasteiger partial charge is 0.342 e. The summed E-state index contributed by atoms with van der Waals surface area (Å²) in [4.78, 5) is 21.8. The first-order chi connectivity index (χ1) is 9.74. The van der Waals surface area contributed by atoms with E-state index in [1.54, 1.807) is 0 Å². The van der Waals surface area contributed by atoms with Crippen molar-refractivity contribution in [2.75, 3.05) is 18.8 Å². The van der Waals surface area contributed by atoms with Crippen LogP contribution >= 0.6 is 11.8 Å². The first-order valence-electron chi connectivity index (χ1n) is 7.10. The molecule has 1 amide bonds. The third-order valence-corrected chi connectivity index (χ3v) is 3.90. The fourth-order valence-electron chi connectivity index (χ4n) is 2.12. The van der Waals surface area contributed by atoms with Gasteiger partial charge in [-0.05, 0) is 25.0 Å². The van der Waals surface area contributed by atoms with Crippen LogP contribution in [0.3, 0.4) is 0 Å². The van der Waals surface area contributed by atoms with Crippen LogP contribution in [0.1, 0.15) is 26.7 Å². The molecule has 108 valence electrons. The van der Waals surface area contributed by atoms with E-state index in [-0.39, 0.29) is 5.91 Å². The monoisotopic (exact) mass is 291 g/mol. The summed E-state index contributed by atoms with van der Waals surface area (Å²) in [6.45, 7) is 5.88. The summed E-state index contributed by atoms with van der Waals surface area (Å²) < 4.78 is 0. The predicted molar refractivity (Wildman–Crippen MR) is 84.0 cm³/mol. The summed E-state index contributed by atoms with van der Waals surface area (Å²) in [7, 11) is 0. The molecule has 0 aliphatic heterocycles. The highest BCUT2D eigenvalue weighted by molar-refractivity contribution is 7.99. The first-order valence-corrected chi connectivity index (χ1v) is 8.08. The van der Waals surface area contributed by atoms with Gasteiger partial charge in [-0.25, -0.2) is 4.98 Å². The lowest BCUT2D eigenvalue weighted by atomic mass is 10.3. The molecule has 1 aromatic heterocycles. The maximum atomic E-state index is 12.2. The number of carbonyl (C=O) groups excluding carboxylic acids is 1. The van der Waals surface area contributed by atoms with Crippen LogP contribution in [-0.4, -0.2) is 39.6 Å². The Morgan fingerprint density at radius 2 is 1.95 bits per heavy atom. The van der Waals surface area contributed by atoms with E-state index in [1.165, 1.54) is 11.8 Å². The van der Waals surface area contributed by atoms with Crippen molar-refractivity contribution >= 4 is 28.7 Å². The Labute approximate surface area is 124 Å². The van der Waals surface area contributed by atoms with Crippen LogP contribution in [0.15, 0.2) is 29.4 Å². The van der Waals surface area contributed by atoms with E-state index in [1.807, 2.05) is 29.2 Å². The number of imidazole rings is 1. The molecule has 4 nitrogen and oxygen atoms in total. The minimum atomic E-state index is 0.194. The van der Waals surface area contributed by atoms with Crippen LogP contribution in [0.4, 0.5) is 0 Å². The van der Waals surface area contributed by atoms with Crippen molar-refractivity contribution in [3.63, 3.8) is 0 Å². The van der Waals surface area contributed by atoms with Gasteiger partial charge in [0.2, 0.25) is 5.91 Å². The molecule has 0 aliphatic rings. The third kappa shape index (κ3) is 3.76. The Balaban J connectivity index is 1.94. The number of nitrogens with zero attached hydrogens (tertiary/aromatic N) is 2. The molecule has 0 saturated carbocycles. The SMILES string of the molecule is CCCN(CCC)C(=O)CSc1nc2ccccc2[nH]1. The summed E-state index contributed by atoms with van der Waals surface area (Å²) in [5.74, 6) is 0.638. The van der Waals surface area contributed by atoms with Crippen LogP contribution in [0.5, 0.6) is 0 Å². The topological polar surface area (TPSA) is 49.0 Å². The normalized spacial score (nSPS) is 10.9. The molecule has 0 bridgehead atoms. The van der Waals surface area contributed by atoms with Crippen molar-refractivity contribution in [1.82, 2.24) is 14.9 Å². The van der Waals surface area contributed by atoms with E-state index in [9.17, 15) is 4.79 Å². The number of rotatable bonds is 7. The van der Waals surface area contributed by atoms with E-state index >= 15 is 0 Å². The molecule has 20 heavy (non-hydrogen) atoms. The maximum Gasteiger partial charge on any atom is 0.233 e. The van der Waals surface area contributed by atoms with Crippen molar-refractivity contribution in [3.05, 3.63) is 24.3 Å². The Bertz CT molecular complexity index is 528. The van der Waals surface area contributed by atoms with Gasteiger partial charge in [0.25, 0.3) is 0 Å². The molecule has 5 heteroatoms. The van der Waals surface area contributed by atoms with E-state index < -0.39 is 0 Å². The number of aromatic nitrogens is 2. The van der Waals surface area contributed by atoms with Crippen molar-refractivity contribution in [3.8, 4) is 0 Å². The predicted octanol–water partition coefficient (Wildman–Crippen LogP) is 3.30. The van der Waals surface area contributed by atoms with Crippen molar-refractivity contribution < 1.29 is 4.79 Å². The lowest BCUT2D eigenvalue weighted by Gasteiger charge is -2.20. The number of hydrogen-bond donors (Lipinski definition) is 1. The minimum absolute atomic E-state index is 0.194. The van der Waals surface area contributed by atoms with Crippen LogP contribution in [-0.2, 0) is 4.79 Å².